The number of aliphatic hydroxyl groups excluding tert-OH is 1. The number of aliphatic hydroxyl groups is 1. The lowest BCUT2D eigenvalue weighted by Gasteiger charge is -2.30. The van der Waals surface area contributed by atoms with Crippen molar-refractivity contribution in [2.45, 2.75) is 31.7 Å². The number of hydrogen-bond acceptors (Lipinski definition) is 4. The van der Waals surface area contributed by atoms with Gasteiger partial charge in [0.05, 0.1) is 19.8 Å². The van der Waals surface area contributed by atoms with E-state index in [1.54, 1.807) is 4.90 Å². The van der Waals surface area contributed by atoms with Gasteiger partial charge in [0.1, 0.15) is 5.69 Å². The first-order valence-corrected chi connectivity index (χ1v) is 9.16. The van der Waals surface area contributed by atoms with Crippen molar-refractivity contribution < 1.29 is 14.6 Å². The van der Waals surface area contributed by atoms with E-state index in [0.717, 1.165) is 51.4 Å². The Morgan fingerprint density at radius 1 is 1.25 bits per heavy atom. The Kier molecular flexibility index (Phi) is 6.29. The number of carbonyl (C=O) groups is 1. The fourth-order valence-corrected chi connectivity index (χ4v) is 3.76. The summed E-state index contributed by atoms with van der Waals surface area (Å²) in [6.07, 6.45) is 6.83. The molecule has 0 spiro atoms. The van der Waals surface area contributed by atoms with Gasteiger partial charge in [-0.05, 0) is 25.0 Å². The lowest BCUT2D eigenvalue weighted by Crippen LogP contribution is -2.44. The zero-order valence-corrected chi connectivity index (χ0v) is 14.4. The maximum Gasteiger partial charge on any atom is 0.270 e. The van der Waals surface area contributed by atoms with Crippen LogP contribution >= 0.6 is 0 Å². The summed E-state index contributed by atoms with van der Waals surface area (Å²) < 4.78 is 7.51. The van der Waals surface area contributed by atoms with Crippen LogP contribution in [0, 0.1) is 0 Å². The van der Waals surface area contributed by atoms with Crippen molar-refractivity contribution in [1.82, 2.24) is 14.4 Å². The molecule has 6 heteroatoms. The number of rotatable bonds is 7. The van der Waals surface area contributed by atoms with E-state index in [-0.39, 0.29) is 12.5 Å². The summed E-state index contributed by atoms with van der Waals surface area (Å²) in [6, 6.07) is 4.33. The van der Waals surface area contributed by atoms with Crippen molar-refractivity contribution in [1.29, 1.82) is 0 Å². The van der Waals surface area contributed by atoms with Gasteiger partial charge in [-0.15, -0.1) is 0 Å². The second-order valence-electron chi connectivity index (χ2n) is 6.71. The molecular formula is C18H29N3O3. The molecule has 1 saturated carbocycles. The minimum atomic E-state index is -0.00100. The highest BCUT2D eigenvalue weighted by Crippen LogP contribution is 2.31. The zero-order chi connectivity index (χ0) is 16.8. The van der Waals surface area contributed by atoms with Crippen molar-refractivity contribution in [3.63, 3.8) is 0 Å². The summed E-state index contributed by atoms with van der Waals surface area (Å²) >= 11 is 0. The van der Waals surface area contributed by atoms with E-state index in [1.165, 1.54) is 12.8 Å². The number of nitrogens with zero attached hydrogens (tertiary/aromatic N) is 3. The van der Waals surface area contributed by atoms with Crippen LogP contribution in [-0.2, 0) is 4.74 Å². The molecule has 1 aliphatic carbocycles. The minimum absolute atomic E-state index is 0.00100. The molecule has 1 N–H and O–H groups in total. The quantitative estimate of drug-likeness (QED) is 0.818. The predicted molar refractivity (Wildman–Crippen MR) is 92.2 cm³/mol. The Morgan fingerprint density at radius 2 is 2.00 bits per heavy atom. The minimum Gasteiger partial charge on any atom is -0.395 e. The molecular weight excluding hydrogens is 306 g/mol. The molecule has 2 heterocycles. The second-order valence-corrected chi connectivity index (χ2v) is 6.71. The number of morpholine rings is 1. The van der Waals surface area contributed by atoms with Crippen LogP contribution in [0.4, 0.5) is 0 Å². The number of hydrogen-bond donors (Lipinski definition) is 1. The first kappa shape index (κ1) is 17.5. The smallest absolute Gasteiger partial charge is 0.270 e. The molecule has 0 atom stereocenters. The number of aromatic nitrogens is 1. The van der Waals surface area contributed by atoms with E-state index in [4.69, 9.17) is 4.74 Å². The molecule has 6 nitrogen and oxygen atoms in total. The molecule has 1 aliphatic heterocycles. The average Bonchev–Trinajstić information content (AvgIpc) is 3.29. The zero-order valence-electron chi connectivity index (χ0n) is 14.4. The van der Waals surface area contributed by atoms with Crippen LogP contribution in [0.1, 0.15) is 42.2 Å². The lowest BCUT2D eigenvalue weighted by atomic mass is 10.2. The topological polar surface area (TPSA) is 57.9 Å². The highest BCUT2D eigenvalue weighted by molar-refractivity contribution is 5.92. The number of amides is 1. The van der Waals surface area contributed by atoms with Gasteiger partial charge in [0.25, 0.3) is 5.91 Å². The van der Waals surface area contributed by atoms with Gasteiger partial charge < -0.3 is 19.3 Å². The van der Waals surface area contributed by atoms with Gasteiger partial charge in [-0.2, -0.15) is 0 Å². The lowest BCUT2D eigenvalue weighted by molar-refractivity contribution is 0.0313. The van der Waals surface area contributed by atoms with Gasteiger partial charge in [0.2, 0.25) is 0 Å². The first-order chi connectivity index (χ1) is 11.8. The normalized spacial score (nSPS) is 19.7. The summed E-state index contributed by atoms with van der Waals surface area (Å²) in [4.78, 5) is 17.1. The van der Waals surface area contributed by atoms with Gasteiger partial charge in [-0.25, -0.2) is 0 Å². The Hall–Kier alpha value is -1.37. The third kappa shape index (κ3) is 4.18. The highest BCUT2D eigenvalue weighted by atomic mass is 16.5. The van der Waals surface area contributed by atoms with Crippen LogP contribution in [-0.4, -0.2) is 77.9 Å². The molecule has 134 valence electrons. The molecule has 24 heavy (non-hydrogen) atoms. The summed E-state index contributed by atoms with van der Waals surface area (Å²) in [5, 5.41) is 9.37. The molecule has 0 bridgehead atoms. The molecule has 1 saturated heterocycles. The van der Waals surface area contributed by atoms with Crippen LogP contribution < -0.4 is 0 Å². The van der Waals surface area contributed by atoms with Gasteiger partial charge in [-0.3, -0.25) is 9.69 Å². The Bertz CT molecular complexity index is 519. The third-order valence-electron chi connectivity index (χ3n) is 5.16. The van der Waals surface area contributed by atoms with E-state index in [2.05, 4.69) is 9.47 Å². The first-order valence-electron chi connectivity index (χ1n) is 9.16. The standard InChI is InChI=1S/C18H29N3O3/c22-13-10-20(9-8-19-11-14-24-15-12-19)18(23)17-6-3-7-21(17)16-4-1-2-5-16/h3,6-7,16,22H,1-2,4-5,8-15H2. The Labute approximate surface area is 144 Å². The van der Waals surface area contributed by atoms with Gasteiger partial charge in [0.15, 0.2) is 0 Å². The molecule has 0 aromatic carbocycles. The molecule has 1 aromatic rings. The van der Waals surface area contributed by atoms with Gasteiger partial charge in [0, 0.05) is 45.0 Å². The van der Waals surface area contributed by atoms with Crippen LogP contribution in [0.25, 0.3) is 0 Å². The largest absolute Gasteiger partial charge is 0.395 e. The van der Waals surface area contributed by atoms with Crippen molar-refractivity contribution in [3.05, 3.63) is 24.0 Å². The number of carbonyl (C=O) groups excluding carboxylic acids is 1. The van der Waals surface area contributed by atoms with Crippen molar-refractivity contribution in [2.75, 3.05) is 52.5 Å². The molecule has 1 aromatic heterocycles. The SMILES string of the molecule is O=C(c1cccn1C1CCCC1)N(CCO)CCN1CCOCC1. The van der Waals surface area contributed by atoms with Crippen LogP contribution in [0.2, 0.25) is 0 Å². The van der Waals surface area contributed by atoms with E-state index in [9.17, 15) is 9.90 Å². The summed E-state index contributed by atoms with van der Waals surface area (Å²) in [5.74, 6) is 0.0363. The molecule has 0 unspecified atom stereocenters. The van der Waals surface area contributed by atoms with Crippen LogP contribution in [0.3, 0.4) is 0 Å². The molecule has 0 radical (unpaired) electrons. The van der Waals surface area contributed by atoms with E-state index in [1.807, 2.05) is 18.3 Å². The van der Waals surface area contributed by atoms with Crippen molar-refractivity contribution >= 4 is 5.91 Å². The van der Waals surface area contributed by atoms with Crippen molar-refractivity contribution in [3.8, 4) is 0 Å². The highest BCUT2D eigenvalue weighted by Gasteiger charge is 2.24. The Morgan fingerprint density at radius 3 is 2.71 bits per heavy atom. The molecule has 3 rings (SSSR count). The van der Waals surface area contributed by atoms with Crippen LogP contribution in [0.5, 0.6) is 0 Å². The van der Waals surface area contributed by atoms with E-state index in [0.29, 0.717) is 19.1 Å². The fourth-order valence-electron chi connectivity index (χ4n) is 3.76. The van der Waals surface area contributed by atoms with E-state index >= 15 is 0 Å². The van der Waals surface area contributed by atoms with Gasteiger partial charge in [-0.1, -0.05) is 12.8 Å². The maximum atomic E-state index is 13.0. The fraction of sp³-hybridized carbons (Fsp3) is 0.722. The van der Waals surface area contributed by atoms with E-state index < -0.39 is 0 Å². The maximum absolute atomic E-state index is 13.0. The Balaban J connectivity index is 1.64. The molecule has 2 aliphatic rings. The number of ether oxygens (including phenoxy) is 1. The predicted octanol–water partition coefficient (Wildman–Crippen LogP) is 1.37. The second kappa shape index (κ2) is 8.65. The monoisotopic (exact) mass is 335 g/mol. The van der Waals surface area contributed by atoms with Gasteiger partial charge >= 0.3 is 0 Å². The summed E-state index contributed by atoms with van der Waals surface area (Å²) in [5.41, 5.74) is 0.761. The molecule has 1 amide bonds. The molecule has 2 fully saturated rings. The van der Waals surface area contributed by atoms with Crippen LogP contribution in [0.15, 0.2) is 18.3 Å². The van der Waals surface area contributed by atoms with Crippen molar-refractivity contribution in [2.24, 2.45) is 0 Å². The summed E-state index contributed by atoms with van der Waals surface area (Å²) in [7, 11) is 0. The third-order valence-corrected chi connectivity index (χ3v) is 5.16. The summed E-state index contributed by atoms with van der Waals surface area (Å²) in [6.45, 7) is 5.22. The average molecular weight is 335 g/mol.